The van der Waals surface area contributed by atoms with Gasteiger partial charge in [-0.05, 0) is 37.3 Å². The van der Waals surface area contributed by atoms with Crippen molar-refractivity contribution < 1.29 is 40.9 Å². The third kappa shape index (κ3) is 4.44. The predicted molar refractivity (Wildman–Crippen MR) is 130 cm³/mol. The molecule has 0 unspecified atom stereocenters. The fraction of sp³-hybridized carbons (Fsp3) is 0.320. The van der Waals surface area contributed by atoms with Gasteiger partial charge in [-0.2, -0.15) is 0 Å². The number of halogens is 2. The minimum atomic E-state index is -3.41. The normalized spacial score (nSPS) is 20.4. The molecule has 0 saturated carbocycles. The van der Waals surface area contributed by atoms with Crippen LogP contribution in [-0.2, 0) is 16.1 Å². The standard InChI is InChI=1S/C25H25ClFN3O6/c1-25(24(33)28-11-16-17(27)6-5-7-18(16)34-4)13-35-21-15-10-14(26)8-9-19(15)36-22(21)23(32)30(25)12-20(31)29(2)3/h5-10H,11-13H2,1-4H3,(H,28,33)/t25-/m1/s1/i2D3,3D3. The number of likely N-dealkylation sites (N-methyl/N-ethyl adjacent to an activating group) is 1. The molecule has 2 heterocycles. The van der Waals surface area contributed by atoms with E-state index < -0.39 is 68.5 Å². The summed E-state index contributed by atoms with van der Waals surface area (Å²) in [6.45, 7) is -7.75. The summed E-state index contributed by atoms with van der Waals surface area (Å²) in [5.41, 5.74) is -1.88. The second-order valence-corrected chi connectivity index (χ2v) is 8.62. The van der Waals surface area contributed by atoms with Crippen molar-refractivity contribution in [1.29, 1.82) is 0 Å². The molecule has 0 aliphatic carbocycles. The van der Waals surface area contributed by atoms with Crippen LogP contribution < -0.4 is 14.8 Å². The maximum absolute atomic E-state index is 14.5. The molecule has 1 aliphatic rings. The minimum Gasteiger partial charge on any atom is -0.496 e. The van der Waals surface area contributed by atoms with E-state index in [9.17, 15) is 18.8 Å². The van der Waals surface area contributed by atoms with Crippen LogP contribution in [0.2, 0.25) is 5.02 Å². The maximum Gasteiger partial charge on any atom is 0.295 e. The molecule has 0 saturated heterocycles. The third-order valence-electron chi connectivity index (χ3n) is 5.89. The molecule has 0 bridgehead atoms. The number of fused-ring (bicyclic) bond motifs is 3. The van der Waals surface area contributed by atoms with Gasteiger partial charge in [-0.1, -0.05) is 17.7 Å². The first-order valence-electron chi connectivity index (χ1n) is 13.6. The van der Waals surface area contributed by atoms with Gasteiger partial charge in [-0.3, -0.25) is 14.4 Å². The van der Waals surface area contributed by atoms with Gasteiger partial charge < -0.3 is 29.0 Å². The molecule has 1 atom stereocenters. The molecule has 3 aromatic rings. The zero-order chi connectivity index (χ0) is 31.2. The number of rotatable bonds is 6. The molecule has 3 amide bonds. The monoisotopic (exact) mass is 523 g/mol. The Balaban J connectivity index is 1.77. The lowest BCUT2D eigenvalue weighted by atomic mass is 9.98. The highest BCUT2D eigenvalue weighted by atomic mass is 35.5. The van der Waals surface area contributed by atoms with Gasteiger partial charge >= 0.3 is 0 Å². The van der Waals surface area contributed by atoms with Crippen molar-refractivity contribution in [2.24, 2.45) is 0 Å². The van der Waals surface area contributed by atoms with E-state index >= 15 is 0 Å². The first kappa shape index (κ1) is 18.5. The minimum absolute atomic E-state index is 0.0102. The zero-order valence-electron chi connectivity index (χ0n) is 25.2. The number of hydrogen-bond donors (Lipinski definition) is 1. The van der Waals surface area contributed by atoms with E-state index in [1.807, 2.05) is 0 Å². The van der Waals surface area contributed by atoms with Crippen LogP contribution in [0.25, 0.3) is 11.0 Å². The Kier molecular flexibility index (Phi) is 4.97. The maximum atomic E-state index is 14.5. The number of ether oxygens (including phenoxy) is 2. The van der Waals surface area contributed by atoms with E-state index in [-0.39, 0.29) is 38.0 Å². The zero-order valence-corrected chi connectivity index (χ0v) is 19.9. The number of benzene rings is 2. The molecule has 2 aromatic carbocycles. The lowest BCUT2D eigenvalue weighted by Gasteiger charge is -2.37. The van der Waals surface area contributed by atoms with Crippen molar-refractivity contribution in [3.8, 4) is 11.5 Å². The van der Waals surface area contributed by atoms with Crippen molar-refractivity contribution in [2.45, 2.75) is 19.0 Å². The van der Waals surface area contributed by atoms with Crippen LogP contribution in [0.1, 0.15) is 31.3 Å². The number of nitrogens with one attached hydrogen (secondary N) is 1. The number of hydrogen-bond acceptors (Lipinski definition) is 6. The summed E-state index contributed by atoms with van der Waals surface area (Å²) in [5.74, 6) is -4.58. The van der Waals surface area contributed by atoms with Gasteiger partial charge in [0.25, 0.3) is 5.91 Å². The quantitative estimate of drug-likeness (QED) is 0.532. The highest BCUT2D eigenvalue weighted by Crippen LogP contribution is 2.39. The molecule has 0 spiro atoms. The first-order chi connectivity index (χ1) is 19.5. The van der Waals surface area contributed by atoms with Crippen molar-refractivity contribution in [1.82, 2.24) is 15.1 Å². The predicted octanol–water partition coefficient (Wildman–Crippen LogP) is 3.23. The second kappa shape index (κ2) is 9.69. The molecule has 1 N–H and O–H groups in total. The van der Waals surface area contributed by atoms with Crippen LogP contribution >= 0.6 is 11.6 Å². The average molecular weight is 524 g/mol. The number of furan rings is 1. The lowest BCUT2D eigenvalue weighted by molar-refractivity contribution is -0.137. The molecule has 0 fully saturated rings. The van der Waals surface area contributed by atoms with Crippen LogP contribution in [0.3, 0.4) is 0 Å². The fourth-order valence-corrected chi connectivity index (χ4v) is 4.04. The molecule has 0 radical (unpaired) electrons. The van der Waals surface area contributed by atoms with E-state index in [2.05, 4.69) is 5.32 Å². The molecule has 190 valence electrons. The molecular formula is C25H25ClFN3O6. The number of methoxy groups -OCH3 is 1. The van der Waals surface area contributed by atoms with E-state index in [4.69, 9.17) is 33.7 Å². The second-order valence-electron chi connectivity index (χ2n) is 8.19. The van der Waals surface area contributed by atoms with Gasteiger partial charge in [0.2, 0.25) is 17.6 Å². The van der Waals surface area contributed by atoms with Crippen molar-refractivity contribution in [3.05, 3.63) is 58.6 Å². The van der Waals surface area contributed by atoms with Gasteiger partial charge in [0.05, 0.1) is 12.5 Å². The highest BCUT2D eigenvalue weighted by Gasteiger charge is 2.48. The number of amides is 3. The molecule has 1 aliphatic heterocycles. The Morgan fingerprint density at radius 3 is 2.83 bits per heavy atom. The van der Waals surface area contributed by atoms with Crippen molar-refractivity contribution in [2.75, 3.05) is 34.2 Å². The van der Waals surface area contributed by atoms with Crippen LogP contribution in [0.15, 0.2) is 40.8 Å². The van der Waals surface area contributed by atoms with E-state index in [0.29, 0.717) is 4.90 Å². The summed E-state index contributed by atoms with van der Waals surface area (Å²) in [7, 11) is 1.31. The van der Waals surface area contributed by atoms with Crippen LogP contribution in [-0.4, -0.2) is 67.3 Å². The SMILES string of the molecule is [2H]C([2H])([2H])N(C(=O)CN1C(=O)c2oc3ccc(Cl)cc3c2OC[C@]1(C)C(=O)NCc1c(F)cccc1OC)C([2H])([2H])[2H]. The Morgan fingerprint density at radius 2 is 2.11 bits per heavy atom. The summed E-state index contributed by atoms with van der Waals surface area (Å²) in [6, 6.07) is 8.46. The molecule has 36 heavy (non-hydrogen) atoms. The topological polar surface area (TPSA) is 101 Å². The van der Waals surface area contributed by atoms with Crippen LogP contribution in [0.4, 0.5) is 4.39 Å². The number of carbonyl (C=O) groups is 3. The summed E-state index contributed by atoms with van der Waals surface area (Å²) >= 11 is 6.10. The first-order valence-corrected chi connectivity index (χ1v) is 11.0. The van der Waals surface area contributed by atoms with E-state index in [1.54, 1.807) is 0 Å². The largest absolute Gasteiger partial charge is 0.496 e. The van der Waals surface area contributed by atoms with E-state index in [0.717, 1.165) is 6.07 Å². The van der Waals surface area contributed by atoms with Gasteiger partial charge in [0.15, 0.2) is 11.3 Å². The lowest BCUT2D eigenvalue weighted by Crippen LogP contribution is -2.62. The average Bonchev–Trinajstić information content (AvgIpc) is 3.20. The Bertz CT molecular complexity index is 1550. The molecule has 9 nitrogen and oxygen atoms in total. The Labute approximate surface area is 220 Å². The summed E-state index contributed by atoms with van der Waals surface area (Å²) < 4.78 is 76.8. The number of nitrogens with zero attached hydrogens (tertiary/aromatic N) is 2. The third-order valence-corrected chi connectivity index (χ3v) is 6.13. The van der Waals surface area contributed by atoms with Crippen LogP contribution in [0, 0.1) is 5.82 Å². The summed E-state index contributed by atoms with van der Waals surface area (Å²) in [5, 5.41) is 3.06. The molecular weight excluding hydrogens is 493 g/mol. The summed E-state index contributed by atoms with van der Waals surface area (Å²) in [4.78, 5) is 41.2. The van der Waals surface area contributed by atoms with E-state index in [1.165, 1.54) is 44.4 Å². The Morgan fingerprint density at radius 1 is 1.33 bits per heavy atom. The van der Waals surface area contributed by atoms with Crippen molar-refractivity contribution >= 4 is 40.3 Å². The van der Waals surface area contributed by atoms with Crippen molar-refractivity contribution in [3.63, 3.8) is 0 Å². The Hall–Kier alpha value is -3.79. The smallest absolute Gasteiger partial charge is 0.295 e. The molecule has 1 aromatic heterocycles. The van der Waals surface area contributed by atoms with Gasteiger partial charge in [0.1, 0.15) is 30.3 Å². The molecule has 4 rings (SSSR count). The van der Waals surface area contributed by atoms with Gasteiger partial charge in [0, 0.05) is 39.3 Å². The van der Waals surface area contributed by atoms with Gasteiger partial charge in [-0.15, -0.1) is 0 Å². The van der Waals surface area contributed by atoms with Crippen LogP contribution in [0.5, 0.6) is 11.5 Å². The van der Waals surface area contributed by atoms with Gasteiger partial charge in [-0.25, -0.2) is 4.39 Å². The number of carbonyl (C=O) groups excluding carboxylic acids is 3. The molecule has 11 heteroatoms. The highest BCUT2D eigenvalue weighted by molar-refractivity contribution is 6.31. The summed E-state index contributed by atoms with van der Waals surface area (Å²) in [6.07, 6.45) is 0. The fourth-order valence-electron chi connectivity index (χ4n) is 3.87.